The molecule has 0 radical (unpaired) electrons. The summed E-state index contributed by atoms with van der Waals surface area (Å²) in [6.07, 6.45) is 12.2. The van der Waals surface area contributed by atoms with Crippen molar-refractivity contribution in [3.05, 3.63) is 53.1 Å². The third kappa shape index (κ3) is 10.1. The maximum Gasteiger partial charge on any atom is 0.193 e. The Kier molecular flexibility index (Phi) is 15.1. The van der Waals surface area contributed by atoms with Crippen molar-refractivity contribution in [3.8, 4) is 23.0 Å². The van der Waals surface area contributed by atoms with Gasteiger partial charge in [-0.25, -0.2) is 0 Å². The van der Waals surface area contributed by atoms with Gasteiger partial charge in [0.05, 0.1) is 26.4 Å². The van der Waals surface area contributed by atoms with Crippen LogP contribution in [0, 0.1) is 0 Å². The summed E-state index contributed by atoms with van der Waals surface area (Å²) in [6, 6.07) is 9.87. The van der Waals surface area contributed by atoms with E-state index in [9.17, 15) is 4.79 Å². The van der Waals surface area contributed by atoms with Gasteiger partial charge in [0.15, 0.2) is 17.3 Å². The Morgan fingerprint density at radius 1 is 0.658 bits per heavy atom. The Hall–Kier alpha value is -2.95. The first kappa shape index (κ1) is 31.3. The predicted molar refractivity (Wildman–Crippen MR) is 157 cm³/mol. The molecule has 2 aromatic rings. The van der Waals surface area contributed by atoms with Gasteiger partial charge < -0.3 is 18.9 Å². The number of ketones is 1. The summed E-state index contributed by atoms with van der Waals surface area (Å²) in [5.74, 6) is 2.20. The lowest BCUT2D eigenvalue weighted by atomic mass is 10.0. The van der Waals surface area contributed by atoms with E-state index in [2.05, 4.69) is 46.8 Å². The molecular formula is C33H48O5. The van der Waals surface area contributed by atoms with Gasteiger partial charge >= 0.3 is 0 Å². The lowest BCUT2D eigenvalue weighted by Crippen LogP contribution is -2.10. The number of ether oxygens (including phenoxy) is 4. The van der Waals surface area contributed by atoms with E-state index < -0.39 is 0 Å². The summed E-state index contributed by atoms with van der Waals surface area (Å²) in [7, 11) is 0. The molecule has 2 rings (SSSR count). The van der Waals surface area contributed by atoms with Crippen LogP contribution in [0.25, 0.3) is 6.08 Å². The molecule has 0 spiro atoms. The van der Waals surface area contributed by atoms with Crippen molar-refractivity contribution in [2.45, 2.75) is 92.4 Å². The molecule has 5 heteroatoms. The molecule has 0 bridgehead atoms. The molecule has 0 saturated heterocycles. The van der Waals surface area contributed by atoms with Crippen molar-refractivity contribution in [2.24, 2.45) is 0 Å². The fourth-order valence-corrected chi connectivity index (χ4v) is 3.78. The van der Waals surface area contributed by atoms with Crippen LogP contribution in [0.1, 0.15) is 107 Å². The van der Waals surface area contributed by atoms with Crippen LogP contribution in [-0.2, 0) is 6.42 Å². The van der Waals surface area contributed by atoms with Gasteiger partial charge in [-0.3, -0.25) is 4.79 Å². The highest BCUT2D eigenvalue weighted by Gasteiger charge is 2.22. The van der Waals surface area contributed by atoms with E-state index in [1.807, 2.05) is 24.3 Å². The third-order valence-corrected chi connectivity index (χ3v) is 6.24. The van der Waals surface area contributed by atoms with Gasteiger partial charge in [-0.1, -0.05) is 66.4 Å². The molecule has 0 aromatic heterocycles. The maximum absolute atomic E-state index is 13.8. The van der Waals surface area contributed by atoms with Gasteiger partial charge in [-0.2, -0.15) is 0 Å². The van der Waals surface area contributed by atoms with E-state index in [1.165, 1.54) is 5.56 Å². The van der Waals surface area contributed by atoms with Gasteiger partial charge in [0.25, 0.3) is 0 Å². The first-order valence-corrected chi connectivity index (χ1v) is 14.6. The summed E-state index contributed by atoms with van der Waals surface area (Å²) < 4.78 is 24.4. The van der Waals surface area contributed by atoms with Crippen LogP contribution < -0.4 is 18.9 Å². The van der Waals surface area contributed by atoms with Crippen molar-refractivity contribution >= 4 is 11.9 Å². The van der Waals surface area contributed by atoms with E-state index in [4.69, 9.17) is 18.9 Å². The SMILES string of the molecule is CCCCOc1ccc(CC)cc1/C=C\C(=O)c1c(OCCCC)ccc(OCCCC)c1OCCCC. The Bertz CT molecular complexity index is 995. The molecule has 0 aliphatic heterocycles. The number of rotatable bonds is 20. The Labute approximate surface area is 230 Å². The summed E-state index contributed by atoms with van der Waals surface area (Å²) >= 11 is 0. The van der Waals surface area contributed by atoms with Gasteiger partial charge in [-0.05, 0) is 74.1 Å². The largest absolute Gasteiger partial charge is 0.493 e. The monoisotopic (exact) mass is 524 g/mol. The molecule has 0 N–H and O–H groups in total. The average molecular weight is 525 g/mol. The van der Waals surface area contributed by atoms with Gasteiger partial charge in [0.1, 0.15) is 17.1 Å². The second-order valence-corrected chi connectivity index (χ2v) is 9.50. The predicted octanol–water partition coefficient (Wildman–Crippen LogP) is 8.86. The normalized spacial score (nSPS) is 11.1. The van der Waals surface area contributed by atoms with Crippen LogP contribution in [0.15, 0.2) is 36.4 Å². The molecule has 38 heavy (non-hydrogen) atoms. The Morgan fingerprint density at radius 2 is 1.16 bits per heavy atom. The molecule has 0 aliphatic carbocycles. The zero-order chi connectivity index (χ0) is 27.6. The minimum Gasteiger partial charge on any atom is -0.493 e. The van der Waals surface area contributed by atoms with Crippen LogP contribution in [0.5, 0.6) is 23.0 Å². The Morgan fingerprint density at radius 3 is 1.74 bits per heavy atom. The average Bonchev–Trinajstić information content (AvgIpc) is 2.93. The second kappa shape index (κ2) is 18.3. The molecule has 0 atom stereocenters. The molecule has 210 valence electrons. The zero-order valence-electron chi connectivity index (χ0n) is 24.3. The fraction of sp³-hybridized carbons (Fsp3) is 0.545. The lowest BCUT2D eigenvalue weighted by Gasteiger charge is -2.19. The lowest BCUT2D eigenvalue weighted by molar-refractivity contribution is 0.103. The topological polar surface area (TPSA) is 54.0 Å². The summed E-state index contributed by atoms with van der Waals surface area (Å²) in [5, 5.41) is 0. The number of carbonyl (C=O) groups excluding carboxylic acids is 1. The highest BCUT2D eigenvalue weighted by molar-refractivity contribution is 6.11. The van der Waals surface area contributed by atoms with Crippen LogP contribution in [0.3, 0.4) is 0 Å². The van der Waals surface area contributed by atoms with Crippen molar-refractivity contribution in [3.63, 3.8) is 0 Å². The molecule has 0 unspecified atom stereocenters. The van der Waals surface area contributed by atoms with E-state index in [1.54, 1.807) is 6.08 Å². The number of hydrogen-bond acceptors (Lipinski definition) is 5. The smallest absolute Gasteiger partial charge is 0.193 e. The van der Waals surface area contributed by atoms with Crippen LogP contribution in [0.2, 0.25) is 0 Å². The highest BCUT2D eigenvalue weighted by Crippen LogP contribution is 2.39. The van der Waals surface area contributed by atoms with Crippen LogP contribution in [-0.4, -0.2) is 32.2 Å². The standard InChI is InChI=1S/C33H48O5/c1-6-11-21-35-29-18-15-26(10-5)25-27(29)16-17-28(34)32-30(36-22-12-7-2)19-20-31(37-23-13-8-3)33(32)38-24-14-9-4/h15-20,25H,6-14,21-24H2,1-5H3/b17-16-. The van der Waals surface area contributed by atoms with Crippen molar-refractivity contribution in [1.29, 1.82) is 0 Å². The van der Waals surface area contributed by atoms with Crippen molar-refractivity contribution in [1.82, 2.24) is 0 Å². The summed E-state index contributed by atoms with van der Waals surface area (Å²) in [6.45, 7) is 12.9. The molecule has 0 heterocycles. The number of hydrogen-bond donors (Lipinski definition) is 0. The van der Waals surface area contributed by atoms with Crippen LogP contribution >= 0.6 is 0 Å². The van der Waals surface area contributed by atoms with E-state index in [-0.39, 0.29) is 5.78 Å². The third-order valence-electron chi connectivity index (χ3n) is 6.24. The summed E-state index contributed by atoms with van der Waals surface area (Å²) in [4.78, 5) is 13.8. The number of allylic oxidation sites excluding steroid dienone is 1. The minimum absolute atomic E-state index is 0.176. The molecule has 0 aliphatic rings. The number of unbranched alkanes of at least 4 members (excludes halogenated alkanes) is 4. The van der Waals surface area contributed by atoms with Gasteiger partial charge in [0, 0.05) is 5.56 Å². The van der Waals surface area contributed by atoms with Crippen LogP contribution in [0.4, 0.5) is 0 Å². The van der Waals surface area contributed by atoms with E-state index >= 15 is 0 Å². The fourth-order valence-electron chi connectivity index (χ4n) is 3.78. The van der Waals surface area contributed by atoms with Gasteiger partial charge in [-0.15, -0.1) is 0 Å². The van der Waals surface area contributed by atoms with Gasteiger partial charge in [0.2, 0.25) is 0 Å². The first-order chi connectivity index (χ1) is 18.6. The second-order valence-electron chi connectivity index (χ2n) is 9.50. The number of aryl methyl sites for hydroxylation is 1. The number of benzene rings is 2. The summed E-state index contributed by atoms with van der Waals surface area (Å²) in [5.41, 5.74) is 2.51. The maximum atomic E-state index is 13.8. The molecule has 0 saturated carbocycles. The Balaban J connectivity index is 2.48. The first-order valence-electron chi connectivity index (χ1n) is 14.6. The minimum atomic E-state index is -0.176. The molecular weight excluding hydrogens is 476 g/mol. The van der Waals surface area contributed by atoms with Crippen molar-refractivity contribution < 1.29 is 23.7 Å². The van der Waals surface area contributed by atoms with Crippen molar-refractivity contribution in [2.75, 3.05) is 26.4 Å². The molecule has 5 nitrogen and oxygen atoms in total. The molecule has 0 amide bonds. The van der Waals surface area contributed by atoms with E-state index in [0.29, 0.717) is 49.2 Å². The molecule has 2 aromatic carbocycles. The zero-order valence-corrected chi connectivity index (χ0v) is 24.3. The highest BCUT2D eigenvalue weighted by atomic mass is 16.5. The number of carbonyl (C=O) groups is 1. The van der Waals surface area contributed by atoms with E-state index in [0.717, 1.165) is 69.1 Å². The quantitative estimate of drug-likeness (QED) is 0.0983. The molecule has 0 fully saturated rings.